The number of Topliss-reactive ketones (excluding diaryl/α,β-unsaturated/α-hetero) is 1. The molecule has 1 amide bonds. The second kappa shape index (κ2) is 10.6. The van der Waals surface area contributed by atoms with Crippen LogP contribution >= 0.6 is 11.3 Å². The van der Waals surface area contributed by atoms with Gasteiger partial charge in [0.2, 0.25) is 5.91 Å². The Hall–Kier alpha value is -2.93. The lowest BCUT2D eigenvalue weighted by molar-refractivity contribution is -0.111. The van der Waals surface area contributed by atoms with Gasteiger partial charge in [0.05, 0.1) is 23.7 Å². The van der Waals surface area contributed by atoms with Crippen molar-refractivity contribution in [2.45, 2.75) is 34.1 Å². The van der Waals surface area contributed by atoms with E-state index in [-0.39, 0.29) is 18.0 Å². The predicted molar refractivity (Wildman–Crippen MR) is 115 cm³/mol. The van der Waals surface area contributed by atoms with Crippen LogP contribution in [0.5, 0.6) is 5.75 Å². The average molecular weight is 416 g/mol. The summed E-state index contributed by atoms with van der Waals surface area (Å²) in [4.78, 5) is 36.9. The minimum Gasteiger partial charge on any atom is -0.494 e. The monoisotopic (exact) mass is 415 g/mol. The zero-order valence-corrected chi connectivity index (χ0v) is 17.9. The number of ketones is 1. The molecule has 0 saturated carbocycles. The second-order valence-corrected chi connectivity index (χ2v) is 7.30. The summed E-state index contributed by atoms with van der Waals surface area (Å²) in [6, 6.07) is 7.38. The molecule has 154 valence electrons. The highest BCUT2D eigenvalue weighted by atomic mass is 32.1. The molecule has 0 spiro atoms. The Kier molecular flexibility index (Phi) is 8.15. The first-order valence-electron chi connectivity index (χ1n) is 9.40. The molecule has 0 bridgehead atoms. The molecule has 0 fully saturated rings. The van der Waals surface area contributed by atoms with Crippen molar-refractivity contribution in [2.75, 3.05) is 18.5 Å². The Morgan fingerprint density at radius 1 is 1.14 bits per heavy atom. The largest absolute Gasteiger partial charge is 0.494 e. The van der Waals surface area contributed by atoms with Crippen LogP contribution < -0.4 is 10.1 Å². The minimum atomic E-state index is -0.560. The van der Waals surface area contributed by atoms with E-state index < -0.39 is 11.9 Å². The number of hydrogen-bond donors (Lipinski definition) is 1. The van der Waals surface area contributed by atoms with Gasteiger partial charge in [0.1, 0.15) is 10.8 Å². The molecule has 0 radical (unpaired) electrons. The Bertz CT molecular complexity index is 912. The van der Waals surface area contributed by atoms with Crippen molar-refractivity contribution in [3.05, 3.63) is 51.9 Å². The summed E-state index contributed by atoms with van der Waals surface area (Å²) in [5, 5.41) is 3.00. The minimum absolute atomic E-state index is 0.167. The topological polar surface area (TPSA) is 81.7 Å². The van der Waals surface area contributed by atoms with Gasteiger partial charge in [-0.1, -0.05) is 19.1 Å². The third-order valence-corrected chi connectivity index (χ3v) is 5.27. The van der Waals surface area contributed by atoms with Crippen molar-refractivity contribution in [3.63, 3.8) is 0 Å². The number of benzene rings is 1. The molecular formula is C22H25NO5S. The molecule has 2 aromatic rings. The zero-order chi connectivity index (χ0) is 21.4. The van der Waals surface area contributed by atoms with Gasteiger partial charge in [-0.2, -0.15) is 0 Å². The number of ether oxygens (including phenoxy) is 2. The van der Waals surface area contributed by atoms with Crippen molar-refractivity contribution in [1.82, 2.24) is 0 Å². The van der Waals surface area contributed by atoms with E-state index >= 15 is 0 Å². The number of amides is 1. The zero-order valence-electron chi connectivity index (χ0n) is 17.0. The first kappa shape index (κ1) is 22.4. The van der Waals surface area contributed by atoms with Gasteiger partial charge in [-0.15, -0.1) is 11.3 Å². The molecule has 7 heteroatoms. The summed E-state index contributed by atoms with van der Waals surface area (Å²) in [7, 11) is 0. The fraction of sp³-hybridized carbons (Fsp3) is 0.318. The van der Waals surface area contributed by atoms with Crippen LogP contribution in [0.1, 0.15) is 58.3 Å². The molecule has 29 heavy (non-hydrogen) atoms. The first-order valence-corrected chi connectivity index (χ1v) is 10.2. The van der Waals surface area contributed by atoms with Gasteiger partial charge in [-0.25, -0.2) is 4.79 Å². The fourth-order valence-electron chi connectivity index (χ4n) is 2.61. The molecule has 0 aliphatic carbocycles. The number of anilines is 1. The Morgan fingerprint density at radius 2 is 1.83 bits per heavy atom. The lowest BCUT2D eigenvalue weighted by Crippen LogP contribution is -2.12. The highest BCUT2D eigenvalue weighted by molar-refractivity contribution is 7.18. The van der Waals surface area contributed by atoms with Crippen LogP contribution in [0, 0.1) is 6.92 Å². The molecule has 0 atom stereocenters. The normalized spacial score (nSPS) is 10.8. The molecule has 0 saturated heterocycles. The number of nitrogens with one attached hydrogen (secondary N) is 1. The van der Waals surface area contributed by atoms with Gasteiger partial charge in [0, 0.05) is 6.08 Å². The molecule has 1 N–H and O–H groups in total. The van der Waals surface area contributed by atoms with Crippen LogP contribution in [0.25, 0.3) is 6.08 Å². The van der Waals surface area contributed by atoms with Crippen molar-refractivity contribution >= 4 is 40.1 Å². The van der Waals surface area contributed by atoms with Gasteiger partial charge >= 0.3 is 5.97 Å². The molecule has 0 aliphatic heterocycles. The van der Waals surface area contributed by atoms with E-state index in [1.165, 1.54) is 13.0 Å². The first-order chi connectivity index (χ1) is 13.9. The number of carbonyl (C=O) groups excluding carboxylic acids is 3. The van der Waals surface area contributed by atoms with Crippen molar-refractivity contribution in [3.8, 4) is 5.75 Å². The second-order valence-electron chi connectivity index (χ2n) is 6.28. The van der Waals surface area contributed by atoms with Gasteiger partial charge in [0.15, 0.2) is 5.78 Å². The van der Waals surface area contributed by atoms with Crippen LogP contribution in [-0.2, 0) is 9.53 Å². The lowest BCUT2D eigenvalue weighted by Gasteiger charge is -2.06. The van der Waals surface area contributed by atoms with Crippen LogP contribution in [0.2, 0.25) is 0 Å². The third-order valence-electron chi connectivity index (χ3n) is 3.96. The summed E-state index contributed by atoms with van der Waals surface area (Å²) in [6.07, 6.45) is 3.97. The van der Waals surface area contributed by atoms with E-state index in [4.69, 9.17) is 9.47 Å². The van der Waals surface area contributed by atoms with E-state index in [0.717, 1.165) is 29.1 Å². The lowest BCUT2D eigenvalue weighted by atomic mass is 10.1. The van der Waals surface area contributed by atoms with Crippen molar-refractivity contribution < 1.29 is 23.9 Å². The predicted octanol–water partition coefficient (Wildman–Crippen LogP) is 4.88. The van der Waals surface area contributed by atoms with Gasteiger partial charge in [-0.05, 0) is 56.5 Å². The van der Waals surface area contributed by atoms with Crippen LogP contribution in [0.3, 0.4) is 0 Å². The molecule has 6 nitrogen and oxygen atoms in total. The number of carbonyl (C=O) groups is 3. The Morgan fingerprint density at radius 3 is 2.41 bits per heavy atom. The molecule has 0 aliphatic rings. The smallest absolute Gasteiger partial charge is 0.341 e. The molecule has 1 aromatic heterocycles. The van der Waals surface area contributed by atoms with Crippen LogP contribution in [0.4, 0.5) is 5.00 Å². The maximum atomic E-state index is 12.4. The highest BCUT2D eigenvalue weighted by Crippen LogP contribution is 2.34. The maximum absolute atomic E-state index is 12.4. The molecule has 2 rings (SSSR count). The van der Waals surface area contributed by atoms with Crippen molar-refractivity contribution in [1.29, 1.82) is 0 Å². The van der Waals surface area contributed by atoms with Gasteiger partial charge in [0.25, 0.3) is 0 Å². The van der Waals surface area contributed by atoms with Crippen LogP contribution in [0.15, 0.2) is 30.3 Å². The van der Waals surface area contributed by atoms with Crippen LogP contribution in [-0.4, -0.2) is 30.9 Å². The molecule has 0 unspecified atom stereocenters. The van der Waals surface area contributed by atoms with E-state index in [0.29, 0.717) is 22.0 Å². The number of thiophene rings is 1. The number of rotatable bonds is 9. The van der Waals surface area contributed by atoms with Crippen molar-refractivity contribution in [2.24, 2.45) is 0 Å². The summed E-state index contributed by atoms with van der Waals surface area (Å²) >= 11 is 1.08. The Labute approximate surface area is 174 Å². The quantitative estimate of drug-likeness (QED) is 0.359. The van der Waals surface area contributed by atoms with E-state index in [1.807, 2.05) is 31.2 Å². The Balaban J connectivity index is 2.15. The summed E-state index contributed by atoms with van der Waals surface area (Å²) < 4.78 is 10.6. The fourth-order valence-corrected chi connectivity index (χ4v) is 3.70. The summed E-state index contributed by atoms with van der Waals surface area (Å²) in [5.41, 5.74) is 1.57. The third kappa shape index (κ3) is 6.02. The molecule has 1 aromatic carbocycles. The van der Waals surface area contributed by atoms with Gasteiger partial charge < -0.3 is 14.8 Å². The highest BCUT2D eigenvalue weighted by Gasteiger charge is 2.24. The summed E-state index contributed by atoms with van der Waals surface area (Å²) in [5.74, 6) is -0.355. The standard InChI is InChI=1S/C22H25NO5S/c1-5-13-28-17-10-7-16(8-11-17)9-12-18(25)23-21-19(22(26)27-6-2)14(3)20(29-21)15(4)24/h7-12H,5-6,13H2,1-4H3,(H,23,25). The van der Waals surface area contributed by atoms with E-state index in [2.05, 4.69) is 5.32 Å². The average Bonchev–Trinajstić information content (AvgIpc) is 3.01. The van der Waals surface area contributed by atoms with Gasteiger partial charge in [-0.3, -0.25) is 9.59 Å². The molecule has 1 heterocycles. The maximum Gasteiger partial charge on any atom is 0.341 e. The number of esters is 1. The molecular weight excluding hydrogens is 390 g/mol. The SMILES string of the molecule is CCCOc1ccc(C=CC(=O)Nc2sc(C(C)=O)c(C)c2C(=O)OCC)cc1. The van der Waals surface area contributed by atoms with E-state index in [9.17, 15) is 14.4 Å². The summed E-state index contributed by atoms with van der Waals surface area (Å²) in [6.45, 7) is 7.69. The van der Waals surface area contributed by atoms with E-state index in [1.54, 1.807) is 19.9 Å². The number of hydrogen-bond acceptors (Lipinski definition) is 6.